The third-order valence-electron chi connectivity index (χ3n) is 4.40. The summed E-state index contributed by atoms with van der Waals surface area (Å²) < 4.78 is 58.9. The molecular formula is C18H17ClF4N4O2. The molecule has 1 aliphatic rings. The molecule has 1 atom stereocenters. The first-order valence-electron chi connectivity index (χ1n) is 8.52. The number of nitrogens with zero attached hydrogens (tertiary/aromatic N) is 1. The Kier molecular flexibility index (Phi) is 5.97. The number of rotatable bonds is 5. The van der Waals surface area contributed by atoms with Crippen molar-refractivity contribution in [3.63, 3.8) is 0 Å². The van der Waals surface area contributed by atoms with E-state index in [9.17, 15) is 22.4 Å². The summed E-state index contributed by atoms with van der Waals surface area (Å²) in [6, 6.07) is 4.18. The monoisotopic (exact) mass is 432 g/mol. The van der Waals surface area contributed by atoms with Crippen LogP contribution in [-0.2, 0) is 22.3 Å². The summed E-state index contributed by atoms with van der Waals surface area (Å²) in [6.45, 7) is 0.209. The number of carbonyl (C=O) groups is 1. The van der Waals surface area contributed by atoms with Crippen LogP contribution in [0.2, 0.25) is 5.02 Å². The molecule has 0 spiro atoms. The molecule has 1 amide bonds. The maximum Gasteiger partial charge on any atom is 0.418 e. The van der Waals surface area contributed by atoms with Crippen LogP contribution in [0, 0.1) is 5.82 Å². The Hall–Kier alpha value is -2.43. The molecule has 0 aliphatic carbocycles. The zero-order valence-electron chi connectivity index (χ0n) is 14.9. The molecule has 1 aliphatic heterocycles. The topological polar surface area (TPSA) is 89.3 Å². The summed E-state index contributed by atoms with van der Waals surface area (Å²) in [6.07, 6.45) is -3.14. The number of hydrogen-bond acceptors (Lipinski definition) is 5. The van der Waals surface area contributed by atoms with E-state index in [1.807, 2.05) is 0 Å². The van der Waals surface area contributed by atoms with Gasteiger partial charge in [-0.3, -0.25) is 9.78 Å². The van der Waals surface area contributed by atoms with Crippen LogP contribution in [0.3, 0.4) is 0 Å². The van der Waals surface area contributed by atoms with Gasteiger partial charge in [-0.15, -0.1) is 0 Å². The van der Waals surface area contributed by atoms with Crippen LogP contribution in [-0.4, -0.2) is 29.6 Å². The summed E-state index contributed by atoms with van der Waals surface area (Å²) in [5.41, 5.74) is 3.38. The Bertz CT molecular complexity index is 917. The van der Waals surface area contributed by atoms with Gasteiger partial charge in [-0.05, 0) is 24.6 Å². The molecule has 0 radical (unpaired) electrons. The lowest BCUT2D eigenvalue weighted by atomic mass is 9.99. The van der Waals surface area contributed by atoms with Crippen molar-refractivity contribution in [2.75, 3.05) is 18.5 Å². The number of alkyl halides is 3. The van der Waals surface area contributed by atoms with Gasteiger partial charge >= 0.3 is 6.18 Å². The minimum Gasteiger partial charge on any atom is -0.379 e. The molecule has 156 valence electrons. The Labute approximate surface area is 168 Å². The number of pyridine rings is 1. The largest absolute Gasteiger partial charge is 0.418 e. The molecule has 1 aromatic heterocycles. The van der Waals surface area contributed by atoms with E-state index in [1.54, 1.807) is 0 Å². The summed E-state index contributed by atoms with van der Waals surface area (Å²) in [4.78, 5) is 16.0. The second-order valence-electron chi connectivity index (χ2n) is 6.61. The van der Waals surface area contributed by atoms with Crippen LogP contribution in [0.4, 0.5) is 28.9 Å². The Morgan fingerprint density at radius 1 is 1.34 bits per heavy atom. The number of ether oxygens (including phenoxy) is 1. The first kappa shape index (κ1) is 21.3. The van der Waals surface area contributed by atoms with Gasteiger partial charge in [0.15, 0.2) is 0 Å². The van der Waals surface area contributed by atoms with Crippen LogP contribution >= 0.6 is 11.6 Å². The van der Waals surface area contributed by atoms with Crippen molar-refractivity contribution in [2.45, 2.75) is 24.7 Å². The summed E-state index contributed by atoms with van der Waals surface area (Å²) in [5, 5.41) is 4.90. The van der Waals surface area contributed by atoms with Gasteiger partial charge < -0.3 is 21.1 Å². The average Bonchev–Trinajstić information content (AvgIpc) is 3.09. The van der Waals surface area contributed by atoms with E-state index in [-0.39, 0.29) is 35.2 Å². The maximum absolute atomic E-state index is 14.3. The van der Waals surface area contributed by atoms with Gasteiger partial charge in [0.1, 0.15) is 11.4 Å². The van der Waals surface area contributed by atoms with Crippen molar-refractivity contribution in [1.82, 2.24) is 10.3 Å². The van der Waals surface area contributed by atoms with E-state index < -0.39 is 29.0 Å². The van der Waals surface area contributed by atoms with Crippen molar-refractivity contribution in [3.05, 3.63) is 52.6 Å². The molecule has 29 heavy (non-hydrogen) atoms. The number of anilines is 2. The number of carbonyl (C=O) groups excluding carboxylic acids is 1. The third kappa shape index (κ3) is 4.95. The first-order chi connectivity index (χ1) is 13.6. The number of hydrogen-bond donors (Lipinski definition) is 3. The molecule has 6 nitrogen and oxygen atoms in total. The van der Waals surface area contributed by atoms with Gasteiger partial charge in [-0.2, -0.15) is 13.2 Å². The number of amides is 1. The Morgan fingerprint density at radius 2 is 2.10 bits per heavy atom. The first-order valence-corrected chi connectivity index (χ1v) is 8.89. The molecule has 0 unspecified atom stereocenters. The Balaban J connectivity index is 1.71. The lowest BCUT2D eigenvalue weighted by Gasteiger charge is -2.20. The fourth-order valence-corrected chi connectivity index (χ4v) is 2.95. The van der Waals surface area contributed by atoms with Crippen LogP contribution in [0.15, 0.2) is 30.5 Å². The summed E-state index contributed by atoms with van der Waals surface area (Å²) in [5.74, 6) is -1.29. The van der Waals surface area contributed by atoms with Gasteiger partial charge in [0.25, 0.3) is 0 Å². The minimum atomic E-state index is -4.65. The molecule has 4 N–H and O–H groups in total. The quantitative estimate of drug-likeness (QED) is 0.630. The molecule has 0 bridgehead atoms. The maximum atomic E-state index is 14.3. The predicted octanol–water partition coefficient (Wildman–Crippen LogP) is 3.37. The number of nitrogens with one attached hydrogen (secondary N) is 2. The fourth-order valence-electron chi connectivity index (χ4n) is 2.78. The highest BCUT2D eigenvalue weighted by molar-refractivity contribution is 6.30. The van der Waals surface area contributed by atoms with Crippen LogP contribution < -0.4 is 16.4 Å². The van der Waals surface area contributed by atoms with E-state index >= 15 is 0 Å². The lowest BCUT2D eigenvalue weighted by molar-refractivity contribution is -0.137. The highest BCUT2D eigenvalue weighted by Crippen LogP contribution is 2.37. The molecule has 1 aromatic carbocycles. The smallest absolute Gasteiger partial charge is 0.379 e. The SMILES string of the molecule is N[C@@]1(C(=O)NCc2ncc(Nc3ccc(Cl)cc3C(F)(F)F)cc2F)CCOC1. The lowest BCUT2D eigenvalue weighted by Crippen LogP contribution is -2.54. The minimum absolute atomic E-state index is 0.00453. The number of halogens is 5. The van der Waals surface area contributed by atoms with E-state index in [0.29, 0.717) is 13.0 Å². The molecule has 2 heterocycles. The van der Waals surface area contributed by atoms with Gasteiger partial charge in [0.2, 0.25) is 5.91 Å². The van der Waals surface area contributed by atoms with Crippen molar-refractivity contribution < 1.29 is 27.1 Å². The van der Waals surface area contributed by atoms with Gasteiger partial charge in [0, 0.05) is 17.7 Å². The second kappa shape index (κ2) is 8.13. The summed E-state index contributed by atoms with van der Waals surface area (Å²) in [7, 11) is 0. The average molecular weight is 433 g/mol. The van der Waals surface area contributed by atoms with Gasteiger partial charge in [0.05, 0.1) is 42.0 Å². The summed E-state index contributed by atoms with van der Waals surface area (Å²) >= 11 is 5.64. The van der Waals surface area contributed by atoms with E-state index in [4.69, 9.17) is 22.1 Å². The highest BCUT2D eigenvalue weighted by Gasteiger charge is 2.38. The number of benzene rings is 1. The molecule has 0 saturated carbocycles. The molecule has 1 saturated heterocycles. The molecule has 2 aromatic rings. The van der Waals surface area contributed by atoms with E-state index in [1.165, 1.54) is 6.07 Å². The van der Waals surface area contributed by atoms with Gasteiger partial charge in [-0.1, -0.05) is 11.6 Å². The van der Waals surface area contributed by atoms with Crippen molar-refractivity contribution in [2.24, 2.45) is 5.73 Å². The van der Waals surface area contributed by atoms with Crippen LogP contribution in [0.25, 0.3) is 0 Å². The second-order valence-corrected chi connectivity index (χ2v) is 7.04. The molecule has 11 heteroatoms. The van der Waals surface area contributed by atoms with Crippen LogP contribution in [0.5, 0.6) is 0 Å². The molecule has 3 rings (SSSR count). The molecular weight excluding hydrogens is 416 g/mol. The fraction of sp³-hybridized carbons (Fsp3) is 0.333. The standard InChI is InChI=1S/C18H17ClF4N4O2/c19-10-1-2-14(12(5-10)18(21,22)23)27-11-6-13(20)15(25-7-11)8-26-16(28)17(24)3-4-29-9-17/h1-2,5-7,27H,3-4,8-9,24H2,(H,26,28)/t17-/m0/s1. The number of aromatic nitrogens is 1. The van der Waals surface area contributed by atoms with E-state index in [2.05, 4.69) is 15.6 Å². The number of nitrogens with two attached hydrogens (primary N) is 1. The third-order valence-corrected chi connectivity index (χ3v) is 4.64. The van der Waals surface area contributed by atoms with Crippen molar-refractivity contribution in [1.29, 1.82) is 0 Å². The zero-order chi connectivity index (χ0) is 21.2. The normalized spacial score (nSPS) is 19.2. The van der Waals surface area contributed by atoms with Crippen LogP contribution in [0.1, 0.15) is 17.7 Å². The van der Waals surface area contributed by atoms with Crippen molar-refractivity contribution >= 4 is 28.9 Å². The van der Waals surface area contributed by atoms with E-state index in [0.717, 1.165) is 24.4 Å². The Morgan fingerprint density at radius 3 is 2.72 bits per heavy atom. The highest BCUT2D eigenvalue weighted by atomic mass is 35.5. The predicted molar refractivity (Wildman–Crippen MR) is 98.1 cm³/mol. The zero-order valence-corrected chi connectivity index (χ0v) is 15.7. The van der Waals surface area contributed by atoms with Crippen molar-refractivity contribution in [3.8, 4) is 0 Å². The molecule has 1 fully saturated rings. The van der Waals surface area contributed by atoms with Gasteiger partial charge in [-0.25, -0.2) is 4.39 Å².